The van der Waals surface area contributed by atoms with Gasteiger partial charge in [-0.2, -0.15) is 5.10 Å². The Bertz CT molecular complexity index is 266. The highest BCUT2D eigenvalue weighted by atomic mass is 35.5. The van der Waals surface area contributed by atoms with Crippen LogP contribution in [0.5, 0.6) is 0 Å². The molecule has 0 saturated carbocycles. The molecule has 0 fully saturated rings. The molecule has 0 radical (unpaired) electrons. The van der Waals surface area contributed by atoms with Crippen LogP contribution in [0.3, 0.4) is 0 Å². The Morgan fingerprint density at radius 1 is 1.53 bits per heavy atom. The number of halogens is 3. The molecule has 0 spiro atoms. The minimum atomic E-state index is -2.34. The fourth-order valence-electron chi connectivity index (χ4n) is 1.13. The van der Waals surface area contributed by atoms with Crippen molar-refractivity contribution in [3.63, 3.8) is 0 Å². The van der Waals surface area contributed by atoms with Gasteiger partial charge in [0, 0.05) is 12.7 Å². The predicted octanol–water partition coefficient (Wildman–Crippen LogP) is 2.07. The molecule has 1 rings (SSSR count). The van der Waals surface area contributed by atoms with Crippen molar-refractivity contribution in [3.8, 4) is 0 Å². The predicted molar refractivity (Wildman–Crippen MR) is 57.5 cm³/mol. The largest absolute Gasteiger partial charge is 0.311 e. The lowest BCUT2D eigenvalue weighted by Gasteiger charge is -2.00. The Balaban J connectivity index is 0.00000196. The molecule has 0 amide bonds. The lowest BCUT2D eigenvalue weighted by Crippen LogP contribution is -2.15. The number of hydrogen-bond donors (Lipinski definition) is 1. The van der Waals surface area contributed by atoms with Gasteiger partial charge in [-0.15, -0.1) is 12.4 Å². The van der Waals surface area contributed by atoms with Gasteiger partial charge in [-0.1, -0.05) is 6.92 Å². The highest BCUT2D eigenvalue weighted by Crippen LogP contribution is 2.00. The van der Waals surface area contributed by atoms with E-state index in [1.54, 1.807) is 12.3 Å². The Morgan fingerprint density at radius 3 is 2.87 bits per heavy atom. The normalized spacial score (nSPS) is 10.4. The molecule has 0 bridgehead atoms. The fourth-order valence-corrected chi connectivity index (χ4v) is 1.13. The SMILES string of the molecule is CCCNCc1ccn(CC(F)F)n1.Cl. The first-order valence-corrected chi connectivity index (χ1v) is 4.73. The summed E-state index contributed by atoms with van der Waals surface area (Å²) in [5.74, 6) is 0. The summed E-state index contributed by atoms with van der Waals surface area (Å²) in [5, 5.41) is 7.15. The second kappa shape index (κ2) is 7.59. The first-order valence-electron chi connectivity index (χ1n) is 4.73. The number of aromatic nitrogens is 2. The van der Waals surface area contributed by atoms with Crippen molar-refractivity contribution in [2.24, 2.45) is 0 Å². The van der Waals surface area contributed by atoms with Gasteiger partial charge in [0.25, 0.3) is 6.43 Å². The van der Waals surface area contributed by atoms with E-state index < -0.39 is 6.43 Å². The summed E-state index contributed by atoms with van der Waals surface area (Å²) in [5.41, 5.74) is 0.805. The summed E-state index contributed by atoms with van der Waals surface area (Å²) in [6.07, 6.45) is 0.290. The van der Waals surface area contributed by atoms with Crippen LogP contribution in [0.4, 0.5) is 8.78 Å². The Labute approximate surface area is 94.3 Å². The van der Waals surface area contributed by atoms with E-state index in [2.05, 4.69) is 17.3 Å². The van der Waals surface area contributed by atoms with Crippen LogP contribution in [0.2, 0.25) is 0 Å². The summed E-state index contributed by atoms with van der Waals surface area (Å²) in [6, 6.07) is 1.76. The van der Waals surface area contributed by atoms with Gasteiger partial charge in [0.2, 0.25) is 0 Å². The molecular weight excluding hydrogens is 224 g/mol. The average molecular weight is 240 g/mol. The highest BCUT2D eigenvalue weighted by molar-refractivity contribution is 5.85. The van der Waals surface area contributed by atoms with Gasteiger partial charge in [-0.3, -0.25) is 4.68 Å². The monoisotopic (exact) mass is 239 g/mol. The zero-order valence-corrected chi connectivity index (χ0v) is 9.44. The maximum atomic E-state index is 12.0. The fraction of sp³-hybridized carbons (Fsp3) is 0.667. The van der Waals surface area contributed by atoms with Crippen LogP contribution in [-0.2, 0) is 13.1 Å². The van der Waals surface area contributed by atoms with Crippen molar-refractivity contribution in [1.82, 2.24) is 15.1 Å². The van der Waals surface area contributed by atoms with Crippen LogP contribution in [-0.4, -0.2) is 22.8 Å². The lowest BCUT2D eigenvalue weighted by molar-refractivity contribution is 0.121. The maximum absolute atomic E-state index is 12.0. The average Bonchev–Trinajstić information content (AvgIpc) is 2.52. The molecule has 0 atom stereocenters. The third-order valence-corrected chi connectivity index (χ3v) is 1.75. The van der Waals surface area contributed by atoms with Crippen molar-refractivity contribution < 1.29 is 8.78 Å². The van der Waals surface area contributed by atoms with Gasteiger partial charge in [-0.25, -0.2) is 8.78 Å². The summed E-state index contributed by atoms with van der Waals surface area (Å²) < 4.78 is 25.2. The smallest absolute Gasteiger partial charge is 0.257 e. The van der Waals surface area contributed by atoms with E-state index in [1.165, 1.54) is 4.68 Å². The second-order valence-electron chi connectivity index (χ2n) is 3.10. The number of alkyl halides is 2. The van der Waals surface area contributed by atoms with E-state index in [4.69, 9.17) is 0 Å². The Hall–Kier alpha value is -0.680. The van der Waals surface area contributed by atoms with Gasteiger partial charge < -0.3 is 5.32 Å². The minimum Gasteiger partial charge on any atom is -0.311 e. The maximum Gasteiger partial charge on any atom is 0.257 e. The first kappa shape index (κ1) is 14.3. The van der Waals surface area contributed by atoms with E-state index in [9.17, 15) is 8.78 Å². The van der Waals surface area contributed by atoms with E-state index >= 15 is 0 Å². The molecule has 0 unspecified atom stereocenters. The van der Waals surface area contributed by atoms with E-state index in [0.717, 1.165) is 18.7 Å². The summed E-state index contributed by atoms with van der Waals surface area (Å²) in [7, 11) is 0. The van der Waals surface area contributed by atoms with Crippen molar-refractivity contribution in [1.29, 1.82) is 0 Å². The molecular formula is C9H16ClF2N3. The van der Waals surface area contributed by atoms with Crippen LogP contribution in [0, 0.1) is 0 Å². The van der Waals surface area contributed by atoms with Crippen LogP contribution < -0.4 is 5.32 Å². The van der Waals surface area contributed by atoms with Crippen molar-refractivity contribution in [2.75, 3.05) is 6.54 Å². The number of rotatable bonds is 6. The third-order valence-electron chi connectivity index (χ3n) is 1.75. The molecule has 0 aliphatic carbocycles. The standard InChI is InChI=1S/C9H15F2N3.ClH/c1-2-4-12-6-8-3-5-14(13-8)7-9(10)11;/h3,5,9,12H,2,4,6-7H2,1H3;1H. The Kier molecular flexibility index (Phi) is 7.25. The number of hydrogen-bond acceptors (Lipinski definition) is 2. The molecule has 88 valence electrons. The van der Waals surface area contributed by atoms with Crippen LogP contribution in [0.15, 0.2) is 12.3 Å². The molecule has 1 heterocycles. The molecule has 3 nitrogen and oxygen atoms in total. The molecule has 0 aliphatic rings. The molecule has 1 aromatic rings. The quantitative estimate of drug-likeness (QED) is 0.771. The molecule has 1 N–H and O–H groups in total. The molecule has 0 saturated heterocycles. The van der Waals surface area contributed by atoms with Crippen LogP contribution >= 0.6 is 12.4 Å². The van der Waals surface area contributed by atoms with Gasteiger partial charge in [0.15, 0.2) is 0 Å². The minimum absolute atomic E-state index is 0. The summed E-state index contributed by atoms with van der Waals surface area (Å²) >= 11 is 0. The topological polar surface area (TPSA) is 29.9 Å². The van der Waals surface area contributed by atoms with E-state index in [-0.39, 0.29) is 19.0 Å². The zero-order valence-electron chi connectivity index (χ0n) is 8.62. The van der Waals surface area contributed by atoms with Crippen molar-refractivity contribution in [3.05, 3.63) is 18.0 Å². The summed E-state index contributed by atoms with van der Waals surface area (Å²) in [6.45, 7) is 3.31. The van der Waals surface area contributed by atoms with Gasteiger partial charge in [-0.05, 0) is 19.0 Å². The van der Waals surface area contributed by atoms with Gasteiger partial charge >= 0.3 is 0 Å². The second-order valence-corrected chi connectivity index (χ2v) is 3.10. The first-order chi connectivity index (χ1) is 6.72. The molecule has 6 heteroatoms. The molecule has 1 aromatic heterocycles. The lowest BCUT2D eigenvalue weighted by atomic mass is 10.4. The van der Waals surface area contributed by atoms with Crippen LogP contribution in [0.1, 0.15) is 19.0 Å². The van der Waals surface area contributed by atoms with Crippen molar-refractivity contribution >= 4 is 12.4 Å². The third kappa shape index (κ3) is 5.69. The van der Waals surface area contributed by atoms with Crippen LogP contribution in [0.25, 0.3) is 0 Å². The summed E-state index contributed by atoms with van der Waals surface area (Å²) in [4.78, 5) is 0. The molecule has 0 aliphatic heterocycles. The molecule has 15 heavy (non-hydrogen) atoms. The number of nitrogens with zero attached hydrogens (tertiary/aromatic N) is 2. The van der Waals surface area contributed by atoms with E-state index in [1.807, 2.05) is 0 Å². The Morgan fingerprint density at radius 2 is 2.27 bits per heavy atom. The molecule has 0 aromatic carbocycles. The highest BCUT2D eigenvalue weighted by Gasteiger charge is 2.05. The zero-order chi connectivity index (χ0) is 10.4. The number of nitrogens with one attached hydrogen (secondary N) is 1. The van der Waals surface area contributed by atoms with E-state index in [0.29, 0.717) is 6.54 Å². The van der Waals surface area contributed by atoms with Gasteiger partial charge in [0.1, 0.15) is 6.54 Å². The van der Waals surface area contributed by atoms with Crippen molar-refractivity contribution in [2.45, 2.75) is 32.9 Å². The van der Waals surface area contributed by atoms with Gasteiger partial charge in [0.05, 0.1) is 5.69 Å².